The zero-order chi connectivity index (χ0) is 13.7. The number of imidazole rings is 1. The third-order valence-electron chi connectivity index (χ3n) is 4.14. The number of para-hydroxylation sites is 1. The molecule has 3 aromatic rings. The Kier molecular flexibility index (Phi) is 2.49. The molecule has 2 aromatic heterocycles. The number of nitrogens with two attached hydrogens (primary N) is 1. The molecule has 1 aliphatic rings. The number of fused-ring (bicyclic) bond motifs is 1. The Hall–Kier alpha value is -1.72. The van der Waals surface area contributed by atoms with E-state index in [1.54, 1.807) is 11.3 Å². The van der Waals surface area contributed by atoms with Gasteiger partial charge in [0.05, 0.1) is 27.6 Å². The number of benzene rings is 1. The number of aryl methyl sites for hydroxylation is 1. The number of nitrogens with zero attached hydrogens (tertiary/aromatic N) is 2. The van der Waals surface area contributed by atoms with Gasteiger partial charge in [-0.2, -0.15) is 0 Å². The maximum atomic E-state index is 6.30. The molecule has 1 aliphatic carbocycles. The van der Waals surface area contributed by atoms with Crippen LogP contribution in [0.5, 0.6) is 0 Å². The van der Waals surface area contributed by atoms with Crippen molar-refractivity contribution in [3.8, 4) is 10.7 Å². The van der Waals surface area contributed by atoms with E-state index in [0.29, 0.717) is 0 Å². The van der Waals surface area contributed by atoms with Crippen LogP contribution in [0.15, 0.2) is 24.4 Å². The summed E-state index contributed by atoms with van der Waals surface area (Å²) in [5.41, 5.74) is 9.31. The van der Waals surface area contributed by atoms with Crippen LogP contribution in [0.25, 0.3) is 20.9 Å². The molecule has 3 N–H and O–H groups in total. The molecule has 0 aliphatic heterocycles. The van der Waals surface area contributed by atoms with Crippen LogP contribution in [-0.4, -0.2) is 15.0 Å². The Morgan fingerprint density at radius 2 is 2.20 bits per heavy atom. The van der Waals surface area contributed by atoms with Crippen LogP contribution >= 0.6 is 11.3 Å². The first kappa shape index (κ1) is 12.1. The van der Waals surface area contributed by atoms with E-state index >= 15 is 0 Å². The standard InChI is InChI=1S/C15H16N4S/c1-9-4-2-5-11-12(9)19-13(20-11)10-8-17-14(18-10)15(16)6-3-7-15/h2,4-5,8H,3,6-7,16H2,1H3,(H,17,18). The lowest BCUT2D eigenvalue weighted by Crippen LogP contribution is -2.44. The van der Waals surface area contributed by atoms with Gasteiger partial charge in [-0.05, 0) is 37.8 Å². The van der Waals surface area contributed by atoms with Crippen molar-refractivity contribution in [1.82, 2.24) is 15.0 Å². The van der Waals surface area contributed by atoms with Gasteiger partial charge in [-0.15, -0.1) is 11.3 Å². The highest BCUT2D eigenvalue weighted by Gasteiger charge is 2.37. The Labute approximate surface area is 121 Å². The highest BCUT2D eigenvalue weighted by atomic mass is 32.1. The molecule has 4 rings (SSSR count). The average Bonchev–Trinajstić information content (AvgIpc) is 3.02. The van der Waals surface area contributed by atoms with E-state index in [2.05, 4.69) is 35.1 Å². The number of aromatic nitrogens is 3. The molecule has 4 nitrogen and oxygen atoms in total. The second-order valence-electron chi connectivity index (χ2n) is 5.60. The number of aromatic amines is 1. The Morgan fingerprint density at radius 3 is 2.90 bits per heavy atom. The minimum atomic E-state index is -0.245. The van der Waals surface area contributed by atoms with Crippen LogP contribution in [0, 0.1) is 6.92 Å². The van der Waals surface area contributed by atoms with Gasteiger partial charge >= 0.3 is 0 Å². The van der Waals surface area contributed by atoms with Crippen LogP contribution in [-0.2, 0) is 5.54 Å². The molecule has 102 valence electrons. The monoisotopic (exact) mass is 284 g/mol. The van der Waals surface area contributed by atoms with Crippen molar-refractivity contribution in [3.05, 3.63) is 35.8 Å². The fourth-order valence-electron chi connectivity index (χ4n) is 2.68. The predicted octanol–water partition coefficient (Wildman–Crippen LogP) is 3.33. The molecule has 0 unspecified atom stereocenters. The molecule has 0 spiro atoms. The van der Waals surface area contributed by atoms with E-state index < -0.39 is 0 Å². The highest BCUT2D eigenvalue weighted by molar-refractivity contribution is 7.21. The van der Waals surface area contributed by atoms with Gasteiger partial charge in [0, 0.05) is 0 Å². The summed E-state index contributed by atoms with van der Waals surface area (Å²) in [5.74, 6) is 0.898. The van der Waals surface area contributed by atoms with E-state index in [9.17, 15) is 0 Å². The van der Waals surface area contributed by atoms with Crippen LogP contribution in [0.1, 0.15) is 30.7 Å². The number of hydrogen-bond donors (Lipinski definition) is 2. The zero-order valence-electron chi connectivity index (χ0n) is 11.3. The van der Waals surface area contributed by atoms with E-state index in [0.717, 1.165) is 34.9 Å². The van der Waals surface area contributed by atoms with Crippen molar-refractivity contribution in [2.75, 3.05) is 0 Å². The molecule has 0 radical (unpaired) electrons. The second-order valence-corrected chi connectivity index (χ2v) is 6.63. The maximum absolute atomic E-state index is 6.30. The summed E-state index contributed by atoms with van der Waals surface area (Å²) in [5, 5.41) is 0.982. The molecule has 0 amide bonds. The van der Waals surface area contributed by atoms with Crippen molar-refractivity contribution in [1.29, 1.82) is 0 Å². The predicted molar refractivity (Wildman–Crippen MR) is 81.7 cm³/mol. The van der Waals surface area contributed by atoms with E-state index in [1.165, 1.54) is 16.7 Å². The van der Waals surface area contributed by atoms with E-state index in [1.807, 2.05) is 6.20 Å². The fraction of sp³-hybridized carbons (Fsp3) is 0.333. The van der Waals surface area contributed by atoms with Crippen molar-refractivity contribution < 1.29 is 0 Å². The molecular weight excluding hydrogens is 268 g/mol. The van der Waals surface area contributed by atoms with Crippen LogP contribution in [0.2, 0.25) is 0 Å². The number of hydrogen-bond acceptors (Lipinski definition) is 4. The van der Waals surface area contributed by atoms with Crippen LogP contribution in [0.4, 0.5) is 0 Å². The molecule has 0 atom stereocenters. The molecule has 1 aromatic carbocycles. The van der Waals surface area contributed by atoms with Crippen LogP contribution in [0.3, 0.4) is 0 Å². The van der Waals surface area contributed by atoms with Gasteiger partial charge in [0.15, 0.2) is 0 Å². The Balaban J connectivity index is 1.77. The molecule has 0 saturated heterocycles. The van der Waals surface area contributed by atoms with Crippen molar-refractivity contribution in [3.63, 3.8) is 0 Å². The van der Waals surface area contributed by atoms with E-state index in [-0.39, 0.29) is 5.54 Å². The van der Waals surface area contributed by atoms with Gasteiger partial charge in [0.25, 0.3) is 0 Å². The summed E-state index contributed by atoms with van der Waals surface area (Å²) in [6.45, 7) is 2.09. The third kappa shape index (κ3) is 1.70. The van der Waals surface area contributed by atoms with Gasteiger partial charge in [0.1, 0.15) is 10.8 Å². The summed E-state index contributed by atoms with van der Waals surface area (Å²) in [6, 6.07) is 6.27. The normalized spacial score (nSPS) is 17.3. The highest BCUT2D eigenvalue weighted by Crippen LogP contribution is 2.38. The summed E-state index contributed by atoms with van der Waals surface area (Å²) >= 11 is 1.69. The maximum Gasteiger partial charge on any atom is 0.142 e. The molecule has 0 bridgehead atoms. The van der Waals surface area contributed by atoms with Crippen molar-refractivity contribution in [2.45, 2.75) is 31.7 Å². The molecular formula is C15H16N4S. The first-order chi connectivity index (χ1) is 9.66. The van der Waals surface area contributed by atoms with Gasteiger partial charge in [-0.1, -0.05) is 12.1 Å². The van der Waals surface area contributed by atoms with Gasteiger partial charge in [0.2, 0.25) is 0 Å². The Morgan fingerprint density at radius 1 is 1.35 bits per heavy atom. The summed E-state index contributed by atoms with van der Waals surface area (Å²) < 4.78 is 1.21. The lowest BCUT2D eigenvalue weighted by Gasteiger charge is -2.35. The van der Waals surface area contributed by atoms with Gasteiger partial charge in [-0.25, -0.2) is 9.97 Å². The van der Waals surface area contributed by atoms with Crippen molar-refractivity contribution >= 4 is 21.6 Å². The first-order valence-corrected chi connectivity index (χ1v) is 7.68. The number of rotatable bonds is 2. The van der Waals surface area contributed by atoms with E-state index in [4.69, 9.17) is 10.7 Å². The molecule has 2 heterocycles. The fourth-order valence-corrected chi connectivity index (χ4v) is 3.69. The third-order valence-corrected chi connectivity index (χ3v) is 5.20. The SMILES string of the molecule is Cc1cccc2sc(-c3cnc(C4(N)CCC4)[nH]3)nc12. The minimum Gasteiger partial charge on any atom is -0.338 e. The molecule has 20 heavy (non-hydrogen) atoms. The smallest absolute Gasteiger partial charge is 0.142 e. The van der Waals surface area contributed by atoms with Crippen LogP contribution < -0.4 is 5.73 Å². The summed E-state index contributed by atoms with van der Waals surface area (Å²) in [7, 11) is 0. The quantitative estimate of drug-likeness (QED) is 0.758. The number of H-pyrrole nitrogens is 1. The lowest BCUT2D eigenvalue weighted by atomic mass is 9.77. The minimum absolute atomic E-state index is 0.245. The lowest BCUT2D eigenvalue weighted by molar-refractivity contribution is 0.240. The van der Waals surface area contributed by atoms with Gasteiger partial charge in [-0.3, -0.25) is 0 Å². The number of nitrogens with one attached hydrogen (secondary N) is 1. The summed E-state index contributed by atoms with van der Waals surface area (Å²) in [6.07, 6.45) is 5.07. The number of thiazole rings is 1. The molecule has 1 saturated carbocycles. The van der Waals surface area contributed by atoms with Gasteiger partial charge < -0.3 is 10.7 Å². The Bertz CT molecular complexity index is 782. The topological polar surface area (TPSA) is 67.6 Å². The van der Waals surface area contributed by atoms with Crippen molar-refractivity contribution in [2.24, 2.45) is 5.73 Å². The zero-order valence-corrected chi connectivity index (χ0v) is 12.1. The molecule has 5 heteroatoms. The molecule has 1 fully saturated rings. The summed E-state index contributed by atoms with van der Waals surface area (Å²) in [4.78, 5) is 12.6. The average molecular weight is 284 g/mol. The second kappa shape index (κ2) is 4.14. The largest absolute Gasteiger partial charge is 0.338 e. The first-order valence-electron chi connectivity index (χ1n) is 6.87.